The topological polar surface area (TPSA) is 37.3 Å². The van der Waals surface area contributed by atoms with E-state index >= 15 is 0 Å². The molecule has 0 radical (unpaired) electrons. The zero-order valence-electron chi connectivity index (χ0n) is 7.92. The van der Waals surface area contributed by atoms with Gasteiger partial charge in [0.2, 0.25) is 0 Å². The lowest BCUT2D eigenvalue weighted by Crippen LogP contribution is -1.94. The standard InChI is InChI=1S/C10H12O2S/c1-6-4-9(13-8(6)3)5-7(2)10(11)12/h4-5H,1-3H3,(H,11,12)/b7-5+. The highest BCUT2D eigenvalue weighted by Gasteiger charge is 2.03. The van der Waals surface area contributed by atoms with Crippen molar-refractivity contribution >= 4 is 23.4 Å². The third-order valence-electron chi connectivity index (χ3n) is 1.88. The summed E-state index contributed by atoms with van der Waals surface area (Å²) in [6.07, 6.45) is 1.70. The molecule has 0 atom stereocenters. The predicted molar refractivity (Wildman–Crippen MR) is 55.1 cm³/mol. The molecule has 3 heteroatoms. The summed E-state index contributed by atoms with van der Waals surface area (Å²) >= 11 is 1.62. The van der Waals surface area contributed by atoms with Crippen LogP contribution in [0.5, 0.6) is 0 Å². The number of aliphatic carboxylic acids is 1. The van der Waals surface area contributed by atoms with Crippen LogP contribution in [0.3, 0.4) is 0 Å². The number of carboxylic acid groups (broad SMARTS) is 1. The monoisotopic (exact) mass is 196 g/mol. The van der Waals surface area contributed by atoms with Gasteiger partial charge in [0.1, 0.15) is 0 Å². The van der Waals surface area contributed by atoms with Crippen molar-refractivity contribution in [3.63, 3.8) is 0 Å². The van der Waals surface area contributed by atoms with Gasteiger partial charge in [-0.15, -0.1) is 11.3 Å². The van der Waals surface area contributed by atoms with Crippen molar-refractivity contribution in [3.05, 3.63) is 27.0 Å². The van der Waals surface area contributed by atoms with Gasteiger partial charge in [0.05, 0.1) is 0 Å². The molecule has 0 aliphatic rings. The first-order valence-corrected chi connectivity index (χ1v) is 4.81. The fourth-order valence-electron chi connectivity index (χ4n) is 0.948. The van der Waals surface area contributed by atoms with Gasteiger partial charge in [-0.3, -0.25) is 0 Å². The number of thiophene rings is 1. The van der Waals surface area contributed by atoms with E-state index in [0.29, 0.717) is 5.57 Å². The highest BCUT2D eigenvalue weighted by molar-refractivity contribution is 7.13. The van der Waals surface area contributed by atoms with Crippen LogP contribution < -0.4 is 0 Å². The molecule has 0 amide bonds. The average molecular weight is 196 g/mol. The van der Waals surface area contributed by atoms with E-state index in [1.54, 1.807) is 24.3 Å². The zero-order valence-corrected chi connectivity index (χ0v) is 8.73. The lowest BCUT2D eigenvalue weighted by Gasteiger charge is -1.89. The first-order chi connectivity index (χ1) is 6.00. The van der Waals surface area contributed by atoms with Gasteiger partial charge in [-0.25, -0.2) is 4.79 Å². The molecule has 0 aliphatic carbocycles. The van der Waals surface area contributed by atoms with Gasteiger partial charge in [0.15, 0.2) is 0 Å². The molecule has 0 aliphatic heterocycles. The summed E-state index contributed by atoms with van der Waals surface area (Å²) in [5.41, 5.74) is 1.59. The van der Waals surface area contributed by atoms with Crippen molar-refractivity contribution in [3.8, 4) is 0 Å². The lowest BCUT2D eigenvalue weighted by molar-refractivity contribution is -0.132. The normalized spacial score (nSPS) is 11.8. The van der Waals surface area contributed by atoms with Crippen molar-refractivity contribution in [2.75, 3.05) is 0 Å². The van der Waals surface area contributed by atoms with Gasteiger partial charge < -0.3 is 5.11 Å². The molecule has 1 aromatic heterocycles. The van der Waals surface area contributed by atoms with E-state index in [4.69, 9.17) is 5.11 Å². The molecular formula is C10H12O2S. The number of aryl methyl sites for hydroxylation is 2. The first kappa shape index (κ1) is 9.99. The summed E-state index contributed by atoms with van der Waals surface area (Å²) in [6, 6.07) is 2.01. The molecule has 1 rings (SSSR count). The van der Waals surface area contributed by atoms with E-state index < -0.39 is 5.97 Å². The van der Waals surface area contributed by atoms with Crippen LogP contribution in [0.25, 0.3) is 6.08 Å². The molecule has 0 bridgehead atoms. The second-order valence-electron chi connectivity index (χ2n) is 3.02. The maximum absolute atomic E-state index is 10.5. The second kappa shape index (κ2) is 3.75. The Bertz CT molecular complexity index is 342. The average Bonchev–Trinajstić information content (AvgIpc) is 2.31. The predicted octanol–water partition coefficient (Wildman–Crippen LogP) is 2.85. The van der Waals surface area contributed by atoms with Gasteiger partial charge in [-0.1, -0.05) is 0 Å². The Morgan fingerprint density at radius 3 is 2.54 bits per heavy atom. The summed E-state index contributed by atoms with van der Waals surface area (Å²) in [4.78, 5) is 12.8. The van der Waals surface area contributed by atoms with Crippen LogP contribution in [-0.4, -0.2) is 11.1 Å². The molecular weight excluding hydrogens is 184 g/mol. The quantitative estimate of drug-likeness (QED) is 0.738. The fraction of sp³-hybridized carbons (Fsp3) is 0.300. The van der Waals surface area contributed by atoms with E-state index in [9.17, 15) is 4.79 Å². The molecule has 0 saturated heterocycles. The molecule has 0 saturated carbocycles. The minimum absolute atomic E-state index is 0.376. The third kappa shape index (κ3) is 2.42. The van der Waals surface area contributed by atoms with E-state index in [2.05, 4.69) is 0 Å². The van der Waals surface area contributed by atoms with Gasteiger partial charge >= 0.3 is 5.97 Å². The third-order valence-corrected chi connectivity index (χ3v) is 2.98. The van der Waals surface area contributed by atoms with Crippen LogP contribution in [0.2, 0.25) is 0 Å². The molecule has 2 nitrogen and oxygen atoms in total. The maximum atomic E-state index is 10.5. The number of carboxylic acids is 1. The first-order valence-electron chi connectivity index (χ1n) is 3.99. The molecule has 1 N–H and O–H groups in total. The van der Waals surface area contributed by atoms with Crippen molar-refractivity contribution in [1.82, 2.24) is 0 Å². The highest BCUT2D eigenvalue weighted by Crippen LogP contribution is 2.22. The lowest BCUT2D eigenvalue weighted by atomic mass is 10.2. The Morgan fingerprint density at radius 2 is 2.15 bits per heavy atom. The van der Waals surface area contributed by atoms with Crippen LogP contribution in [0, 0.1) is 13.8 Å². The summed E-state index contributed by atoms with van der Waals surface area (Å²) in [5, 5.41) is 8.66. The minimum atomic E-state index is -0.858. The molecule has 70 valence electrons. The Balaban J connectivity index is 2.98. The molecule has 1 aromatic rings. The summed E-state index contributed by atoms with van der Waals surface area (Å²) in [7, 11) is 0. The zero-order chi connectivity index (χ0) is 10.0. The molecule has 1 heterocycles. The van der Waals surface area contributed by atoms with E-state index in [0.717, 1.165) is 4.88 Å². The number of carbonyl (C=O) groups is 1. The molecule has 0 unspecified atom stereocenters. The molecule has 13 heavy (non-hydrogen) atoms. The van der Waals surface area contributed by atoms with Gasteiger partial charge in [-0.05, 0) is 38.5 Å². The number of hydrogen-bond acceptors (Lipinski definition) is 2. The summed E-state index contributed by atoms with van der Waals surface area (Å²) in [5.74, 6) is -0.858. The summed E-state index contributed by atoms with van der Waals surface area (Å²) < 4.78 is 0. The van der Waals surface area contributed by atoms with Crippen molar-refractivity contribution in [1.29, 1.82) is 0 Å². The Hall–Kier alpha value is -1.09. The Kier molecular flexibility index (Phi) is 2.88. The van der Waals surface area contributed by atoms with E-state index in [-0.39, 0.29) is 0 Å². The SMILES string of the molecule is C/C(=C\c1cc(C)c(C)s1)C(=O)O. The molecule has 0 spiro atoms. The van der Waals surface area contributed by atoms with Crippen molar-refractivity contribution in [2.45, 2.75) is 20.8 Å². The van der Waals surface area contributed by atoms with Gasteiger partial charge in [0.25, 0.3) is 0 Å². The van der Waals surface area contributed by atoms with Crippen LogP contribution in [0.1, 0.15) is 22.2 Å². The van der Waals surface area contributed by atoms with Crippen LogP contribution in [-0.2, 0) is 4.79 Å². The largest absolute Gasteiger partial charge is 0.478 e. The van der Waals surface area contributed by atoms with E-state index in [1.807, 2.05) is 19.9 Å². The van der Waals surface area contributed by atoms with Gasteiger partial charge in [-0.2, -0.15) is 0 Å². The Morgan fingerprint density at radius 1 is 1.54 bits per heavy atom. The maximum Gasteiger partial charge on any atom is 0.331 e. The van der Waals surface area contributed by atoms with E-state index in [1.165, 1.54) is 10.4 Å². The molecule has 0 aromatic carbocycles. The Labute approximate surface area is 81.5 Å². The van der Waals surface area contributed by atoms with Crippen molar-refractivity contribution < 1.29 is 9.90 Å². The van der Waals surface area contributed by atoms with Gasteiger partial charge in [0, 0.05) is 15.3 Å². The highest BCUT2D eigenvalue weighted by atomic mass is 32.1. The van der Waals surface area contributed by atoms with Crippen LogP contribution >= 0.6 is 11.3 Å². The summed E-state index contributed by atoms with van der Waals surface area (Å²) in [6.45, 7) is 5.67. The van der Waals surface area contributed by atoms with Crippen LogP contribution in [0.15, 0.2) is 11.6 Å². The molecule has 0 fully saturated rings. The smallest absolute Gasteiger partial charge is 0.331 e. The fourth-order valence-corrected chi connectivity index (χ4v) is 1.99. The number of rotatable bonds is 2. The second-order valence-corrected chi connectivity index (χ2v) is 4.31. The van der Waals surface area contributed by atoms with Crippen molar-refractivity contribution in [2.24, 2.45) is 0 Å². The minimum Gasteiger partial charge on any atom is -0.478 e. The number of hydrogen-bond donors (Lipinski definition) is 1. The van der Waals surface area contributed by atoms with Crippen LogP contribution in [0.4, 0.5) is 0 Å².